The fourth-order valence-electron chi connectivity index (χ4n) is 2.00. The first-order valence-electron chi connectivity index (χ1n) is 6.49. The normalized spacial score (nSPS) is 10.7. The summed E-state index contributed by atoms with van der Waals surface area (Å²) in [6.07, 6.45) is 2.78. The molecule has 0 atom stereocenters. The van der Waals surface area contributed by atoms with Crippen molar-refractivity contribution in [2.75, 3.05) is 3.13 Å². The minimum absolute atomic E-state index is 0.111. The number of nitrogens with one attached hydrogen (secondary N) is 2. The molecule has 0 spiro atoms. The van der Waals surface area contributed by atoms with Gasteiger partial charge in [-0.3, -0.25) is 0 Å². The van der Waals surface area contributed by atoms with Gasteiger partial charge in [-0.1, -0.05) is 0 Å². The molecular weight excluding hydrogens is 495 g/mol. The zero-order valence-corrected chi connectivity index (χ0v) is 16.3. The van der Waals surface area contributed by atoms with E-state index in [4.69, 9.17) is 10.5 Å². The summed E-state index contributed by atoms with van der Waals surface area (Å²) in [6, 6.07) is 8.34. The Morgan fingerprint density at radius 2 is 2.00 bits per heavy atom. The molecule has 0 saturated heterocycles. The van der Waals surface area contributed by atoms with Gasteiger partial charge in [0, 0.05) is 0 Å². The van der Waals surface area contributed by atoms with E-state index in [0.717, 1.165) is 6.07 Å². The molecule has 0 fully saturated rings. The Kier molecular flexibility index (Phi) is 5.59. The average Bonchev–Trinajstić information content (AvgIpc) is 2.51. The molecule has 0 aromatic heterocycles. The van der Waals surface area contributed by atoms with Crippen molar-refractivity contribution < 1.29 is 18.7 Å². The predicted octanol–water partition coefficient (Wildman–Crippen LogP) is 3.24. The van der Waals surface area contributed by atoms with Gasteiger partial charge < -0.3 is 0 Å². The van der Waals surface area contributed by atoms with Crippen molar-refractivity contribution in [1.29, 1.82) is 5.41 Å². The summed E-state index contributed by atoms with van der Waals surface area (Å²) in [5.74, 6) is -2.77. The number of hydrogen-bond acceptors (Lipinski definition) is 3. The first kappa shape index (κ1) is 17.3. The number of carbonyl (C=O) groups is 1. The van der Waals surface area contributed by atoms with Gasteiger partial charge in [0.25, 0.3) is 0 Å². The standard InChI is InChI=1S/C16H12F2N2O2.Tl/c17-10-3-1-2-9(8-10)4-6-12(19)14-13(20)7-5-11(15(14)18)16(21)22;/h1-8H,(H4,19,20,21,22);/q;+1/p-1/b6-4+;. The van der Waals surface area contributed by atoms with E-state index in [0.29, 0.717) is 37.3 Å². The van der Waals surface area contributed by atoms with Crippen LogP contribution in [0.15, 0.2) is 42.5 Å². The van der Waals surface area contributed by atoms with E-state index in [1.165, 1.54) is 36.4 Å². The van der Waals surface area contributed by atoms with Crippen molar-refractivity contribution in [3.63, 3.8) is 0 Å². The van der Waals surface area contributed by atoms with Gasteiger partial charge in [0.05, 0.1) is 0 Å². The fraction of sp³-hybridized carbons (Fsp3) is 0. The van der Waals surface area contributed by atoms with Crippen LogP contribution >= 0.6 is 0 Å². The third-order valence-corrected chi connectivity index (χ3v) is 4.30. The number of carboxylic acid groups (broad SMARTS) is 1. The molecular formula is C16H11F2N2O2Tl. The van der Waals surface area contributed by atoms with Crippen LogP contribution < -0.4 is 3.13 Å². The van der Waals surface area contributed by atoms with Gasteiger partial charge in [-0.2, -0.15) is 0 Å². The monoisotopic (exact) mass is 506 g/mol. The molecule has 0 bridgehead atoms. The summed E-state index contributed by atoms with van der Waals surface area (Å²) in [7, 11) is 0. The predicted molar refractivity (Wildman–Crippen MR) is 85.0 cm³/mol. The molecule has 0 saturated carbocycles. The summed E-state index contributed by atoms with van der Waals surface area (Å²) in [5, 5.41) is 17.0. The van der Waals surface area contributed by atoms with Crippen LogP contribution in [0.3, 0.4) is 0 Å². The Morgan fingerprint density at radius 3 is 2.61 bits per heavy atom. The van der Waals surface area contributed by atoms with Crippen LogP contribution in [0.25, 0.3) is 6.08 Å². The Balaban J connectivity index is 2.42. The molecule has 23 heavy (non-hydrogen) atoms. The van der Waals surface area contributed by atoms with E-state index in [1.807, 2.05) is 0 Å². The average molecular weight is 506 g/mol. The molecule has 0 amide bonds. The van der Waals surface area contributed by atoms with E-state index >= 15 is 0 Å². The first-order chi connectivity index (χ1) is 10.9. The van der Waals surface area contributed by atoms with Crippen LogP contribution in [0.1, 0.15) is 21.5 Å². The van der Waals surface area contributed by atoms with Crippen LogP contribution in [0.2, 0.25) is 0 Å². The number of allylic oxidation sites excluding steroid dienone is 1. The molecule has 2 aromatic rings. The van der Waals surface area contributed by atoms with Crippen molar-refractivity contribution in [3.05, 3.63) is 70.8 Å². The SMILES string of the molecule is N=C(/C=C/c1cccc(F)c1)c1c([NH][Tl])ccc(C(=O)O)c1F. The fourth-order valence-corrected chi connectivity index (χ4v) is 2.93. The zero-order valence-electron chi connectivity index (χ0n) is 11.8. The summed E-state index contributed by atoms with van der Waals surface area (Å²) in [5.41, 5.74) is 0.0872. The van der Waals surface area contributed by atoms with Gasteiger partial charge in [0.1, 0.15) is 0 Å². The van der Waals surface area contributed by atoms with Crippen LogP contribution in [0.5, 0.6) is 0 Å². The van der Waals surface area contributed by atoms with Gasteiger partial charge in [-0.25, -0.2) is 0 Å². The van der Waals surface area contributed by atoms with E-state index in [-0.39, 0.29) is 11.3 Å². The van der Waals surface area contributed by atoms with Crippen molar-refractivity contribution in [2.45, 2.75) is 0 Å². The molecule has 0 heterocycles. The maximum absolute atomic E-state index is 14.4. The number of carboxylic acids is 1. The third kappa shape index (κ3) is 4.01. The van der Waals surface area contributed by atoms with Gasteiger partial charge in [-0.15, -0.1) is 0 Å². The van der Waals surface area contributed by atoms with Gasteiger partial charge in [-0.05, 0) is 0 Å². The van der Waals surface area contributed by atoms with E-state index in [9.17, 15) is 13.6 Å². The summed E-state index contributed by atoms with van der Waals surface area (Å²) < 4.78 is 30.4. The molecule has 0 aliphatic rings. The number of benzene rings is 2. The number of rotatable bonds is 5. The Hall–Kier alpha value is -2.10. The molecule has 2 rings (SSSR count). The van der Waals surface area contributed by atoms with E-state index in [1.54, 1.807) is 6.07 Å². The molecule has 0 radical (unpaired) electrons. The number of hydrogen-bond donors (Lipinski definition) is 3. The minimum atomic E-state index is -1.40. The van der Waals surface area contributed by atoms with Crippen molar-refractivity contribution >= 4 is 49.5 Å². The Bertz CT molecular complexity index is 807. The maximum atomic E-state index is 14.4. The van der Waals surface area contributed by atoms with Crippen molar-refractivity contribution in [2.24, 2.45) is 0 Å². The summed E-state index contributed by atoms with van der Waals surface area (Å²) in [4.78, 5) is 11.0. The topological polar surface area (TPSA) is 73.2 Å². The van der Waals surface area contributed by atoms with Gasteiger partial charge >= 0.3 is 148 Å². The van der Waals surface area contributed by atoms with Crippen LogP contribution in [-0.2, 0) is 0 Å². The second kappa shape index (κ2) is 7.45. The van der Waals surface area contributed by atoms with Crippen LogP contribution in [-0.4, -0.2) is 42.9 Å². The quantitative estimate of drug-likeness (QED) is 0.432. The number of halogens is 2. The molecule has 3 N–H and O–H groups in total. The molecule has 114 valence electrons. The van der Waals surface area contributed by atoms with Crippen molar-refractivity contribution in [1.82, 2.24) is 0 Å². The molecule has 0 aliphatic carbocycles. The number of anilines is 1. The third-order valence-electron chi connectivity index (χ3n) is 3.09. The van der Waals surface area contributed by atoms with Gasteiger partial charge in [0.15, 0.2) is 0 Å². The second-order valence-corrected chi connectivity index (χ2v) is 5.72. The summed E-state index contributed by atoms with van der Waals surface area (Å²) >= 11 is 0.300. The van der Waals surface area contributed by atoms with Crippen LogP contribution in [0, 0.1) is 17.0 Å². The van der Waals surface area contributed by atoms with Crippen molar-refractivity contribution in [3.8, 4) is 0 Å². The van der Waals surface area contributed by atoms with Crippen LogP contribution in [0.4, 0.5) is 14.5 Å². The molecule has 0 aliphatic heterocycles. The van der Waals surface area contributed by atoms with E-state index < -0.39 is 23.2 Å². The molecule has 4 nitrogen and oxygen atoms in total. The first-order valence-corrected chi connectivity index (χ1v) is 8.73. The molecule has 2 aromatic carbocycles. The number of aromatic carboxylic acids is 1. The van der Waals surface area contributed by atoms with E-state index in [2.05, 4.69) is 3.13 Å². The van der Waals surface area contributed by atoms with Gasteiger partial charge in [0.2, 0.25) is 0 Å². The Morgan fingerprint density at radius 1 is 1.26 bits per heavy atom. The Labute approximate surface area is 147 Å². The zero-order chi connectivity index (χ0) is 17.0. The summed E-state index contributed by atoms with van der Waals surface area (Å²) in [6.45, 7) is 0. The molecule has 0 unspecified atom stereocenters. The second-order valence-electron chi connectivity index (χ2n) is 4.60. The molecule has 7 heteroatoms.